The summed E-state index contributed by atoms with van der Waals surface area (Å²) in [7, 11) is 0. The molecule has 0 amide bonds. The molecule has 2 N–H and O–H groups in total. The fraction of sp³-hybridized carbons (Fsp3) is 0.625. The van der Waals surface area contributed by atoms with E-state index in [-0.39, 0.29) is 0 Å². The maximum Gasteiger partial charge on any atom is 0.141 e. The topological polar surface area (TPSA) is 55.0 Å². The summed E-state index contributed by atoms with van der Waals surface area (Å²) in [5.74, 6) is 2.96. The molecule has 2 atom stereocenters. The van der Waals surface area contributed by atoms with Crippen molar-refractivity contribution >= 4 is 27.4 Å². The molecule has 5 heteroatoms. The minimum absolute atomic E-state index is 0.611. The molecule has 2 bridgehead atoms. The van der Waals surface area contributed by atoms with Crippen LogP contribution in [0.1, 0.15) is 35.5 Å². The van der Waals surface area contributed by atoms with Gasteiger partial charge in [-0.25, -0.2) is 9.97 Å². The molecule has 3 heterocycles. The zero-order valence-corrected chi connectivity index (χ0v) is 13.5. The van der Waals surface area contributed by atoms with E-state index >= 15 is 0 Å². The number of hydrogen-bond donors (Lipinski definition) is 1. The Morgan fingerprint density at radius 2 is 2.14 bits per heavy atom. The molecule has 4 rings (SSSR count). The molecule has 1 saturated carbocycles. The second-order valence-electron chi connectivity index (χ2n) is 6.45. The highest BCUT2D eigenvalue weighted by Gasteiger charge is 2.39. The van der Waals surface area contributed by atoms with Gasteiger partial charge >= 0.3 is 0 Å². The molecule has 1 saturated heterocycles. The summed E-state index contributed by atoms with van der Waals surface area (Å²) in [4.78, 5) is 14.7. The summed E-state index contributed by atoms with van der Waals surface area (Å²) in [6, 6.07) is 0.693. The van der Waals surface area contributed by atoms with Crippen LogP contribution in [0.3, 0.4) is 0 Å². The quantitative estimate of drug-likeness (QED) is 0.947. The van der Waals surface area contributed by atoms with Gasteiger partial charge in [-0.2, -0.15) is 0 Å². The first-order valence-electron chi connectivity index (χ1n) is 7.90. The third-order valence-corrected chi connectivity index (χ3v) is 6.21. The first-order chi connectivity index (χ1) is 10.2. The third-order valence-electron chi connectivity index (χ3n) is 5.11. The largest absolute Gasteiger partial charge is 0.353 e. The molecule has 1 aliphatic heterocycles. The fourth-order valence-corrected chi connectivity index (χ4v) is 4.95. The Hall–Kier alpha value is -1.20. The molecule has 0 spiro atoms. The van der Waals surface area contributed by atoms with Crippen LogP contribution in [0.15, 0.2) is 0 Å². The number of rotatable bonds is 3. The highest BCUT2D eigenvalue weighted by Crippen LogP contribution is 2.43. The molecule has 21 heavy (non-hydrogen) atoms. The lowest BCUT2D eigenvalue weighted by molar-refractivity contribution is 0.550. The second-order valence-corrected chi connectivity index (χ2v) is 7.65. The van der Waals surface area contributed by atoms with E-state index in [2.05, 4.69) is 18.7 Å². The van der Waals surface area contributed by atoms with E-state index in [0.29, 0.717) is 12.6 Å². The second kappa shape index (κ2) is 4.92. The minimum atomic E-state index is 0.611. The SMILES string of the molecule is Cc1sc2nc(CCN)nc(N3C[C@H]4CC[C@H]3C4)c2c1C. The first-order valence-corrected chi connectivity index (χ1v) is 8.72. The third kappa shape index (κ3) is 2.06. The van der Waals surface area contributed by atoms with Gasteiger partial charge in [0, 0.05) is 23.9 Å². The predicted octanol–water partition coefficient (Wildman–Crippen LogP) is 2.80. The van der Waals surface area contributed by atoms with Crippen molar-refractivity contribution in [2.75, 3.05) is 18.0 Å². The van der Waals surface area contributed by atoms with Gasteiger partial charge in [0.25, 0.3) is 0 Å². The van der Waals surface area contributed by atoms with Crippen LogP contribution in [0, 0.1) is 19.8 Å². The maximum absolute atomic E-state index is 5.71. The molecular formula is C16H22N4S. The van der Waals surface area contributed by atoms with Gasteiger partial charge in [-0.1, -0.05) is 0 Å². The predicted molar refractivity (Wildman–Crippen MR) is 88.1 cm³/mol. The van der Waals surface area contributed by atoms with Crippen LogP contribution in [-0.4, -0.2) is 29.1 Å². The van der Waals surface area contributed by atoms with Gasteiger partial charge in [-0.3, -0.25) is 0 Å². The maximum atomic E-state index is 5.71. The summed E-state index contributed by atoms with van der Waals surface area (Å²) < 4.78 is 0. The zero-order chi connectivity index (χ0) is 14.6. The van der Waals surface area contributed by atoms with Crippen molar-refractivity contribution in [1.82, 2.24) is 9.97 Å². The molecule has 0 radical (unpaired) electrons. The Balaban J connectivity index is 1.88. The van der Waals surface area contributed by atoms with Gasteiger partial charge in [0.2, 0.25) is 0 Å². The van der Waals surface area contributed by atoms with Crippen molar-refractivity contribution in [3.63, 3.8) is 0 Å². The summed E-state index contributed by atoms with van der Waals surface area (Å²) in [5.41, 5.74) is 7.07. The highest BCUT2D eigenvalue weighted by molar-refractivity contribution is 7.18. The van der Waals surface area contributed by atoms with E-state index in [1.165, 1.54) is 47.5 Å². The number of aryl methyl sites for hydroxylation is 2. The number of hydrogen-bond acceptors (Lipinski definition) is 5. The van der Waals surface area contributed by atoms with Crippen molar-refractivity contribution in [1.29, 1.82) is 0 Å². The Morgan fingerprint density at radius 1 is 1.29 bits per heavy atom. The minimum Gasteiger partial charge on any atom is -0.353 e. The van der Waals surface area contributed by atoms with Gasteiger partial charge in [0.15, 0.2) is 0 Å². The highest BCUT2D eigenvalue weighted by atomic mass is 32.1. The van der Waals surface area contributed by atoms with E-state index < -0.39 is 0 Å². The Labute approximate surface area is 129 Å². The van der Waals surface area contributed by atoms with Crippen LogP contribution in [0.5, 0.6) is 0 Å². The Kier molecular flexibility index (Phi) is 3.15. The number of thiophene rings is 1. The first kappa shape index (κ1) is 13.5. The molecule has 0 aromatic carbocycles. The van der Waals surface area contributed by atoms with Gasteiger partial charge in [0.1, 0.15) is 16.5 Å². The van der Waals surface area contributed by atoms with Crippen LogP contribution in [-0.2, 0) is 6.42 Å². The zero-order valence-electron chi connectivity index (χ0n) is 12.7. The fourth-order valence-electron chi connectivity index (χ4n) is 3.90. The van der Waals surface area contributed by atoms with Crippen molar-refractivity contribution in [3.05, 3.63) is 16.3 Å². The van der Waals surface area contributed by atoms with Gasteiger partial charge < -0.3 is 10.6 Å². The molecule has 2 aromatic rings. The van der Waals surface area contributed by atoms with E-state index in [1.807, 2.05) is 0 Å². The van der Waals surface area contributed by atoms with Crippen LogP contribution in [0.2, 0.25) is 0 Å². The Morgan fingerprint density at radius 3 is 2.81 bits per heavy atom. The number of nitrogens with two attached hydrogens (primary N) is 1. The summed E-state index contributed by atoms with van der Waals surface area (Å²) in [6.45, 7) is 6.18. The summed E-state index contributed by atoms with van der Waals surface area (Å²) in [5, 5.41) is 1.28. The normalized spacial score (nSPS) is 24.4. The summed E-state index contributed by atoms with van der Waals surface area (Å²) in [6.07, 6.45) is 4.83. The monoisotopic (exact) mass is 302 g/mol. The van der Waals surface area contributed by atoms with Crippen molar-refractivity contribution in [2.45, 2.75) is 45.6 Å². The molecule has 4 nitrogen and oxygen atoms in total. The lowest BCUT2D eigenvalue weighted by Crippen LogP contribution is -2.33. The van der Waals surface area contributed by atoms with E-state index in [9.17, 15) is 0 Å². The van der Waals surface area contributed by atoms with Crippen LogP contribution >= 0.6 is 11.3 Å². The van der Waals surface area contributed by atoms with Gasteiger partial charge in [-0.15, -0.1) is 11.3 Å². The van der Waals surface area contributed by atoms with E-state index in [1.54, 1.807) is 11.3 Å². The molecule has 112 valence electrons. The van der Waals surface area contributed by atoms with Crippen LogP contribution in [0.4, 0.5) is 5.82 Å². The van der Waals surface area contributed by atoms with Crippen LogP contribution < -0.4 is 10.6 Å². The number of piperidine rings is 1. The lowest BCUT2D eigenvalue weighted by atomic mass is 10.1. The smallest absolute Gasteiger partial charge is 0.141 e. The van der Waals surface area contributed by atoms with E-state index in [0.717, 1.165) is 23.0 Å². The van der Waals surface area contributed by atoms with Gasteiger partial charge in [-0.05, 0) is 51.1 Å². The van der Waals surface area contributed by atoms with Gasteiger partial charge in [0.05, 0.1) is 5.39 Å². The van der Waals surface area contributed by atoms with E-state index in [4.69, 9.17) is 15.7 Å². The molecule has 2 fully saturated rings. The molecule has 1 aliphatic carbocycles. The summed E-state index contributed by atoms with van der Waals surface area (Å²) >= 11 is 1.79. The standard InChI is InChI=1S/C16H22N4S/c1-9-10(2)21-16-14(9)15(18-13(19-16)5-6-17)20-8-11-3-4-12(20)7-11/h11-12H,3-8,17H2,1-2H3/t11-,12-/m0/s1. The Bertz CT molecular complexity index is 693. The van der Waals surface area contributed by atoms with Crippen molar-refractivity contribution in [3.8, 4) is 0 Å². The number of aromatic nitrogens is 2. The number of nitrogens with zero attached hydrogens (tertiary/aromatic N) is 3. The number of anilines is 1. The molecule has 0 unspecified atom stereocenters. The molecular weight excluding hydrogens is 280 g/mol. The van der Waals surface area contributed by atoms with Crippen molar-refractivity contribution in [2.24, 2.45) is 11.7 Å². The number of fused-ring (bicyclic) bond motifs is 3. The molecule has 2 aromatic heterocycles. The van der Waals surface area contributed by atoms with Crippen molar-refractivity contribution < 1.29 is 0 Å². The average molecular weight is 302 g/mol. The average Bonchev–Trinajstić information content (AvgIpc) is 3.15. The lowest BCUT2D eigenvalue weighted by Gasteiger charge is -2.29. The van der Waals surface area contributed by atoms with Crippen LogP contribution in [0.25, 0.3) is 10.2 Å². The molecule has 2 aliphatic rings.